The maximum atomic E-state index is 10.9. The molecule has 0 saturated carbocycles. The number of carbonyl (C=O) groups is 2. The molecule has 0 saturated heterocycles. The summed E-state index contributed by atoms with van der Waals surface area (Å²) in [6.45, 7) is 22.4. The zero-order valence-corrected chi connectivity index (χ0v) is 61.4. The second-order valence-corrected chi connectivity index (χ2v) is 26.5. The van der Waals surface area contributed by atoms with Crippen molar-refractivity contribution in [1.82, 2.24) is 9.97 Å². The van der Waals surface area contributed by atoms with E-state index in [9.17, 15) is 40.0 Å². The van der Waals surface area contributed by atoms with Crippen LogP contribution >= 0.6 is 45.9 Å². The van der Waals surface area contributed by atoms with E-state index in [-0.39, 0.29) is 81.7 Å². The van der Waals surface area contributed by atoms with Gasteiger partial charge in [-0.25, -0.2) is 0 Å². The molecule has 2 aliphatic heterocycles. The Morgan fingerprint density at radius 1 is 0.564 bits per heavy atom. The number of ketones is 2. The van der Waals surface area contributed by atoms with Crippen molar-refractivity contribution in [2.75, 3.05) is 50.1 Å². The summed E-state index contributed by atoms with van der Waals surface area (Å²) >= 11 is 14.5. The van der Waals surface area contributed by atoms with Crippen LogP contribution < -0.4 is 38.8 Å². The Labute approximate surface area is 613 Å². The van der Waals surface area contributed by atoms with E-state index in [2.05, 4.69) is 228 Å². The van der Waals surface area contributed by atoms with Crippen LogP contribution in [0.5, 0.6) is 11.5 Å². The summed E-state index contributed by atoms with van der Waals surface area (Å²) in [6.07, 6.45) is 20.0. The molecule has 4 aliphatic rings. The van der Waals surface area contributed by atoms with Gasteiger partial charge in [-0.2, -0.15) is 9.15 Å². The predicted molar refractivity (Wildman–Crippen MR) is 397 cm³/mol. The first kappa shape index (κ1) is 76.9. The molecular weight excluding hydrogens is 1410 g/mol. The number of benzene rings is 5. The number of fused-ring (bicyclic) bond motifs is 2. The van der Waals surface area contributed by atoms with Gasteiger partial charge in [-0.1, -0.05) is 77.9 Å². The second kappa shape index (κ2) is 34.5. The van der Waals surface area contributed by atoms with Crippen LogP contribution in [-0.2, 0) is 50.4 Å². The third-order valence-corrected chi connectivity index (χ3v) is 19.8. The topological polar surface area (TPSA) is 269 Å². The smallest absolute Gasteiger partial charge is 0.319 e. The van der Waals surface area contributed by atoms with Crippen LogP contribution in [0.1, 0.15) is 102 Å². The minimum atomic E-state index is -0.583. The number of aromatic nitrogens is 2. The zero-order valence-electron chi connectivity index (χ0n) is 57.3. The van der Waals surface area contributed by atoms with Gasteiger partial charge in [0.1, 0.15) is 61.7 Å². The van der Waals surface area contributed by atoms with Gasteiger partial charge in [0.05, 0.1) is 20.7 Å². The molecule has 2 aliphatic carbocycles. The van der Waals surface area contributed by atoms with E-state index in [0.29, 0.717) is 13.2 Å². The number of nitro groups is 2. The molecule has 527 valence electrons. The van der Waals surface area contributed by atoms with Gasteiger partial charge in [-0.05, 0) is 157 Å². The molecule has 4 heterocycles. The van der Waals surface area contributed by atoms with Crippen LogP contribution in [0.15, 0.2) is 190 Å². The van der Waals surface area contributed by atoms with E-state index in [1.807, 2.05) is 12.1 Å². The number of nitrogens with zero attached hydrogens (tertiary/aromatic N) is 12. The first-order valence-electron chi connectivity index (χ1n) is 32.3. The van der Waals surface area contributed by atoms with Crippen LogP contribution in [0.25, 0.3) is 12.2 Å². The molecule has 7 aromatic rings. The number of hydrogen-bond donors (Lipinski definition) is 2. The minimum absolute atomic E-state index is 0. The van der Waals surface area contributed by atoms with Crippen molar-refractivity contribution in [3.8, 4) is 11.5 Å². The standard InChI is InChI=1S/C56H66Cl2N4O2.2C9H6N4O4S.Co/c1-11-55(7)47-33-43(57)24-28-49(47)59(9)53(55)30-22-41-20-26-45(61(13-3)14-4)35-51(41)63-37-39-18-17-19-40(32-39)38-64-52-36-46(62(15-5)16-6)27-21-42(52)23-31-54-56(8,12-2)48-34-44(58)25-29-50(48)60(54)10;2*14-5-1-2-6(7(15)3-5)11-12-9-10-4-8(18-9)13(16)17;/h17-36H,11-16,37-38H2,1-10H3;2*1-4H,(H2,10,12,14,15);/q+2;;;/p-2. The number of allylic oxidation sites excluding steroid dienone is 8. The summed E-state index contributed by atoms with van der Waals surface area (Å²) in [5.74, 6) is 0.383. The Kier molecular flexibility index (Phi) is 26.2. The van der Waals surface area contributed by atoms with Crippen LogP contribution in [0, 0.1) is 20.2 Å². The van der Waals surface area contributed by atoms with Gasteiger partial charge in [0, 0.05) is 157 Å². The monoisotopic (exact) mass is 1490 g/mol. The van der Waals surface area contributed by atoms with Gasteiger partial charge >= 0.3 is 10.0 Å². The summed E-state index contributed by atoms with van der Waals surface area (Å²) in [6, 6.07) is 34.2. The van der Waals surface area contributed by atoms with Crippen LogP contribution in [0.2, 0.25) is 10.0 Å². The molecular formula is C74H76Cl2CoN12O10S2. The number of rotatable bonds is 22. The average molecular weight is 1490 g/mol. The van der Waals surface area contributed by atoms with E-state index in [4.69, 9.17) is 32.7 Å². The maximum Gasteiger partial charge on any atom is 0.319 e. The summed E-state index contributed by atoms with van der Waals surface area (Å²) in [4.78, 5) is 53.6. The van der Waals surface area contributed by atoms with Crippen LogP contribution in [-0.4, -0.2) is 104 Å². The third-order valence-electron chi connectivity index (χ3n) is 17.7. The number of carbonyl (C=O) groups excluding carboxylic acids is 2. The summed E-state index contributed by atoms with van der Waals surface area (Å²) < 4.78 is 18.1. The van der Waals surface area contributed by atoms with Crippen LogP contribution in [0.4, 0.5) is 32.8 Å². The van der Waals surface area contributed by atoms with Crippen molar-refractivity contribution in [2.45, 2.75) is 92.3 Å². The summed E-state index contributed by atoms with van der Waals surface area (Å²) in [7, 11) is 4.30. The molecule has 11 rings (SSSR count). The number of hydrogen-bond acceptors (Lipinski definition) is 18. The van der Waals surface area contributed by atoms with E-state index in [1.54, 1.807) is 0 Å². The molecule has 5 aromatic carbocycles. The number of halogens is 2. The first-order chi connectivity index (χ1) is 47.9. The van der Waals surface area contributed by atoms with Gasteiger partial charge in [0.15, 0.2) is 23.0 Å². The third kappa shape index (κ3) is 18.2. The normalized spacial score (nSPS) is 17.9. The Bertz CT molecular complexity index is 4500. The van der Waals surface area contributed by atoms with Gasteiger partial charge in [-0.3, -0.25) is 40.0 Å². The second-order valence-electron chi connectivity index (χ2n) is 23.6. The maximum absolute atomic E-state index is 10.9. The Balaban J connectivity index is 0.000000282. The summed E-state index contributed by atoms with van der Waals surface area (Å²) in [5.41, 5.74) is 13.8. The van der Waals surface area contributed by atoms with Crippen LogP contribution in [0.3, 0.4) is 0 Å². The van der Waals surface area contributed by atoms with Crippen molar-refractivity contribution in [3.05, 3.63) is 243 Å². The molecule has 101 heavy (non-hydrogen) atoms. The van der Waals surface area contributed by atoms with Crippen molar-refractivity contribution >= 4 is 125 Å². The molecule has 2 unspecified atom stereocenters. The Morgan fingerprint density at radius 2 is 0.960 bits per heavy atom. The number of anilines is 2. The van der Waals surface area contributed by atoms with Crippen molar-refractivity contribution in [2.24, 2.45) is 20.4 Å². The first-order valence-corrected chi connectivity index (χ1v) is 34.7. The fraction of sp³-hybridized carbons (Fsp3) is 0.270. The fourth-order valence-corrected chi connectivity index (χ4v) is 13.3. The molecule has 0 spiro atoms. The quantitative estimate of drug-likeness (QED) is 0.0277. The number of aliphatic hydroxyl groups excluding tert-OH is 2. The minimum Gasteiger partial charge on any atom is -0.506 e. The molecule has 0 fully saturated rings. The Morgan fingerprint density at radius 3 is 1.31 bits per heavy atom. The van der Waals surface area contributed by atoms with Gasteiger partial charge in [0.2, 0.25) is 11.4 Å². The largest absolute Gasteiger partial charge is 0.506 e. The molecule has 2 aromatic heterocycles. The van der Waals surface area contributed by atoms with Gasteiger partial charge in [-0.15, -0.1) is 0 Å². The van der Waals surface area contributed by atoms with Crippen molar-refractivity contribution in [1.29, 1.82) is 0 Å². The van der Waals surface area contributed by atoms with Gasteiger partial charge < -0.3 is 49.7 Å². The molecule has 2 atom stereocenters. The van der Waals surface area contributed by atoms with Crippen molar-refractivity contribution in [3.63, 3.8) is 0 Å². The molecule has 1 radical (unpaired) electrons. The van der Waals surface area contributed by atoms with E-state index in [0.717, 1.165) is 141 Å². The Hall–Kier alpha value is -9.89. The van der Waals surface area contributed by atoms with E-state index < -0.39 is 9.85 Å². The number of ether oxygens (including phenoxy) is 2. The van der Waals surface area contributed by atoms with Gasteiger partial charge in [0.25, 0.3) is 0 Å². The summed E-state index contributed by atoms with van der Waals surface area (Å²) in [5, 5.41) is 55.4. The van der Waals surface area contributed by atoms with E-state index in [1.165, 1.54) is 58.2 Å². The SMILES string of the molecule is CCN(CC)c1ccc(/C=C/C2=[N+](C)c3ccc(Cl)cc3C2(C)CC)c(OCc2cccc(COc3cc(N(CC)CC)ccc3/C=C/C3=[N+](C)c4ccc(Cl)cc4C3(C)CC)c2)c1.O=C1C=CC(=NN=c2[n-]cc([N+](=O)[O-])s2)C(O)=C1.O=C1C=CC(=NN=c2[n-]cc([N+](=O)[O-])s2)C(O)=C1.[Co]. The molecule has 22 nitrogen and oxygen atoms in total. The molecule has 27 heteroatoms. The van der Waals surface area contributed by atoms with E-state index >= 15 is 0 Å². The molecule has 0 bridgehead atoms. The molecule has 0 amide bonds. The molecule has 2 N–H and O–H groups in total. The zero-order chi connectivity index (χ0) is 72.0. The fourth-order valence-electron chi connectivity index (χ4n) is 11.9. The predicted octanol–water partition coefficient (Wildman–Crippen LogP) is 15.0. The number of aliphatic hydroxyl groups is 2. The number of thiazole rings is 2. The average Bonchev–Trinajstić information content (AvgIpc) is 1.60. The van der Waals surface area contributed by atoms with Crippen molar-refractivity contribution < 1.29 is 65.1 Å².